The predicted octanol–water partition coefficient (Wildman–Crippen LogP) is 3.51. The van der Waals surface area contributed by atoms with E-state index in [2.05, 4.69) is 11.9 Å². The van der Waals surface area contributed by atoms with Crippen LogP contribution >= 0.6 is 11.3 Å². The molecule has 0 aliphatic heterocycles. The smallest absolute Gasteiger partial charge is 0.309 e. The predicted molar refractivity (Wildman–Crippen MR) is 74.6 cm³/mol. The molecule has 2 atom stereocenters. The number of carbonyl (C=O) groups excluding carboxylic acids is 1. The first-order valence-electron chi connectivity index (χ1n) is 6.41. The molecule has 3 rings (SSSR count). The third-order valence-electron chi connectivity index (χ3n) is 3.34. The van der Waals surface area contributed by atoms with Crippen molar-refractivity contribution in [3.8, 4) is 10.6 Å². The van der Waals surface area contributed by atoms with E-state index in [1.807, 2.05) is 30.3 Å². The number of rotatable bonds is 4. The van der Waals surface area contributed by atoms with E-state index >= 15 is 0 Å². The Hall–Kier alpha value is -1.68. The maximum Gasteiger partial charge on any atom is 0.309 e. The molecule has 4 heteroatoms. The molecule has 1 heterocycles. The molecule has 1 aromatic heterocycles. The van der Waals surface area contributed by atoms with Gasteiger partial charge in [0.15, 0.2) is 0 Å². The first-order valence-corrected chi connectivity index (χ1v) is 7.22. The van der Waals surface area contributed by atoms with Crippen LogP contribution in [-0.4, -0.2) is 11.0 Å². The van der Waals surface area contributed by atoms with Gasteiger partial charge in [0, 0.05) is 11.8 Å². The van der Waals surface area contributed by atoms with Crippen LogP contribution in [0.1, 0.15) is 18.2 Å². The molecule has 0 N–H and O–H groups in total. The van der Waals surface area contributed by atoms with Gasteiger partial charge in [-0.3, -0.25) is 4.79 Å². The van der Waals surface area contributed by atoms with Gasteiger partial charge in [-0.05, 0) is 12.3 Å². The third-order valence-corrected chi connectivity index (χ3v) is 4.36. The van der Waals surface area contributed by atoms with Gasteiger partial charge < -0.3 is 4.74 Å². The summed E-state index contributed by atoms with van der Waals surface area (Å²) in [5.41, 5.74) is 1.10. The Morgan fingerprint density at radius 2 is 2.16 bits per heavy atom. The molecule has 1 fully saturated rings. The van der Waals surface area contributed by atoms with Gasteiger partial charge in [0.2, 0.25) is 0 Å². The normalized spacial score (nSPS) is 21.1. The average Bonchev–Trinajstić information content (AvgIpc) is 3.00. The summed E-state index contributed by atoms with van der Waals surface area (Å²) < 4.78 is 5.30. The van der Waals surface area contributed by atoms with Crippen molar-refractivity contribution in [3.63, 3.8) is 0 Å². The van der Waals surface area contributed by atoms with Crippen molar-refractivity contribution in [2.45, 2.75) is 20.0 Å². The highest BCUT2D eigenvalue weighted by Gasteiger charge is 2.40. The SMILES string of the molecule is CC1CC1C(=O)OCc1cnc(-c2ccccc2)s1. The van der Waals surface area contributed by atoms with Crippen LogP contribution in [-0.2, 0) is 16.1 Å². The molecular weight excluding hydrogens is 258 g/mol. The van der Waals surface area contributed by atoms with Gasteiger partial charge in [0.25, 0.3) is 0 Å². The van der Waals surface area contributed by atoms with Crippen molar-refractivity contribution < 1.29 is 9.53 Å². The van der Waals surface area contributed by atoms with Crippen LogP contribution in [0.4, 0.5) is 0 Å². The number of esters is 1. The molecule has 19 heavy (non-hydrogen) atoms. The summed E-state index contributed by atoms with van der Waals surface area (Å²) in [6.45, 7) is 2.42. The molecule has 2 aromatic rings. The first kappa shape index (κ1) is 12.4. The third kappa shape index (κ3) is 2.84. The number of carbonyl (C=O) groups is 1. The summed E-state index contributed by atoms with van der Waals surface area (Å²) >= 11 is 1.57. The van der Waals surface area contributed by atoms with E-state index in [-0.39, 0.29) is 11.9 Å². The highest BCUT2D eigenvalue weighted by Crippen LogP contribution is 2.38. The zero-order valence-corrected chi connectivity index (χ0v) is 11.5. The van der Waals surface area contributed by atoms with Crippen LogP contribution in [0.5, 0.6) is 0 Å². The summed E-state index contributed by atoms with van der Waals surface area (Å²) in [5, 5.41) is 0.964. The van der Waals surface area contributed by atoms with Crippen molar-refractivity contribution in [2.75, 3.05) is 0 Å². The minimum Gasteiger partial charge on any atom is -0.460 e. The van der Waals surface area contributed by atoms with Gasteiger partial charge >= 0.3 is 5.97 Å². The quantitative estimate of drug-likeness (QED) is 0.800. The molecule has 1 saturated carbocycles. The second kappa shape index (κ2) is 5.13. The standard InChI is InChI=1S/C15H15NO2S/c1-10-7-13(10)15(17)18-9-12-8-16-14(19-12)11-5-3-2-4-6-11/h2-6,8,10,13H,7,9H2,1H3. The van der Waals surface area contributed by atoms with E-state index in [9.17, 15) is 4.79 Å². The number of benzene rings is 1. The zero-order valence-electron chi connectivity index (χ0n) is 10.7. The molecule has 1 aromatic carbocycles. The first-order chi connectivity index (χ1) is 9.24. The number of ether oxygens (including phenoxy) is 1. The lowest BCUT2D eigenvalue weighted by atomic mass is 10.2. The van der Waals surface area contributed by atoms with E-state index in [0.717, 1.165) is 21.9 Å². The number of aromatic nitrogens is 1. The summed E-state index contributed by atoms with van der Waals surface area (Å²) in [4.78, 5) is 17.0. The fraction of sp³-hybridized carbons (Fsp3) is 0.333. The minimum absolute atomic E-state index is 0.0674. The molecule has 2 unspecified atom stereocenters. The van der Waals surface area contributed by atoms with E-state index in [1.54, 1.807) is 17.5 Å². The Morgan fingerprint density at radius 3 is 2.84 bits per heavy atom. The lowest BCUT2D eigenvalue weighted by molar-refractivity contribution is -0.146. The largest absolute Gasteiger partial charge is 0.460 e. The van der Waals surface area contributed by atoms with Gasteiger partial charge in [-0.2, -0.15) is 0 Å². The van der Waals surface area contributed by atoms with Crippen molar-refractivity contribution >= 4 is 17.3 Å². The van der Waals surface area contributed by atoms with E-state index < -0.39 is 0 Å². The zero-order chi connectivity index (χ0) is 13.2. The van der Waals surface area contributed by atoms with Crippen LogP contribution in [0.2, 0.25) is 0 Å². The number of hydrogen-bond acceptors (Lipinski definition) is 4. The van der Waals surface area contributed by atoms with E-state index in [1.165, 1.54) is 0 Å². The topological polar surface area (TPSA) is 39.2 Å². The van der Waals surface area contributed by atoms with Crippen LogP contribution in [0.3, 0.4) is 0 Å². The second-order valence-corrected chi connectivity index (χ2v) is 6.04. The van der Waals surface area contributed by atoms with Gasteiger partial charge in [-0.25, -0.2) is 4.98 Å². The summed E-state index contributed by atoms with van der Waals surface area (Å²) in [5.74, 6) is 0.553. The van der Waals surface area contributed by atoms with E-state index in [0.29, 0.717) is 12.5 Å². The molecule has 0 amide bonds. The monoisotopic (exact) mass is 273 g/mol. The molecule has 0 bridgehead atoms. The molecule has 3 nitrogen and oxygen atoms in total. The lowest BCUT2D eigenvalue weighted by Crippen LogP contribution is -2.06. The van der Waals surface area contributed by atoms with Gasteiger partial charge in [-0.15, -0.1) is 11.3 Å². The Labute approximate surface area is 116 Å². The van der Waals surface area contributed by atoms with Gasteiger partial charge in [0.05, 0.1) is 10.8 Å². The van der Waals surface area contributed by atoms with Crippen molar-refractivity contribution in [3.05, 3.63) is 41.4 Å². The highest BCUT2D eigenvalue weighted by atomic mass is 32.1. The maximum absolute atomic E-state index is 11.6. The molecule has 0 saturated heterocycles. The second-order valence-electron chi connectivity index (χ2n) is 4.92. The number of thiazole rings is 1. The fourth-order valence-electron chi connectivity index (χ4n) is 1.99. The number of hydrogen-bond donors (Lipinski definition) is 0. The van der Waals surface area contributed by atoms with Crippen LogP contribution in [0, 0.1) is 11.8 Å². The van der Waals surface area contributed by atoms with Crippen molar-refractivity contribution in [1.29, 1.82) is 0 Å². The van der Waals surface area contributed by atoms with Crippen LogP contribution < -0.4 is 0 Å². The summed E-state index contributed by atoms with van der Waals surface area (Å²) in [6, 6.07) is 10.0. The average molecular weight is 273 g/mol. The van der Waals surface area contributed by atoms with Gasteiger partial charge in [-0.1, -0.05) is 37.3 Å². The van der Waals surface area contributed by atoms with E-state index in [4.69, 9.17) is 4.74 Å². The maximum atomic E-state index is 11.6. The molecule has 0 radical (unpaired) electrons. The highest BCUT2D eigenvalue weighted by molar-refractivity contribution is 7.15. The Kier molecular flexibility index (Phi) is 3.34. The van der Waals surface area contributed by atoms with Crippen LogP contribution in [0.15, 0.2) is 36.5 Å². The van der Waals surface area contributed by atoms with Crippen molar-refractivity contribution in [1.82, 2.24) is 4.98 Å². The molecular formula is C15H15NO2S. The molecule has 98 valence electrons. The Balaban J connectivity index is 1.61. The van der Waals surface area contributed by atoms with Crippen LogP contribution in [0.25, 0.3) is 10.6 Å². The lowest BCUT2D eigenvalue weighted by Gasteiger charge is -2.00. The van der Waals surface area contributed by atoms with Crippen molar-refractivity contribution in [2.24, 2.45) is 11.8 Å². The Bertz CT molecular complexity index is 579. The summed E-state index contributed by atoms with van der Waals surface area (Å²) in [7, 11) is 0. The van der Waals surface area contributed by atoms with Gasteiger partial charge in [0.1, 0.15) is 11.6 Å². The molecule has 1 aliphatic carbocycles. The summed E-state index contributed by atoms with van der Waals surface area (Å²) in [6.07, 6.45) is 2.76. The minimum atomic E-state index is -0.0674. The fourth-order valence-corrected chi connectivity index (χ4v) is 2.82. The molecule has 0 spiro atoms. The Morgan fingerprint density at radius 1 is 1.42 bits per heavy atom. The molecule has 1 aliphatic rings. The number of nitrogens with zero attached hydrogens (tertiary/aromatic N) is 1.